The third kappa shape index (κ3) is 3.33. The van der Waals surface area contributed by atoms with E-state index in [-0.39, 0.29) is 5.82 Å². The minimum atomic E-state index is -0.197. The van der Waals surface area contributed by atoms with Crippen molar-refractivity contribution in [2.24, 2.45) is 0 Å². The highest BCUT2D eigenvalue weighted by Crippen LogP contribution is 2.42. The molecule has 21 heavy (non-hydrogen) atoms. The summed E-state index contributed by atoms with van der Waals surface area (Å²) in [5.74, 6) is 1.93. The first-order valence-corrected chi connectivity index (χ1v) is 8.30. The van der Waals surface area contributed by atoms with Gasteiger partial charge in [0.1, 0.15) is 17.5 Å². The van der Waals surface area contributed by atoms with Crippen LogP contribution in [0.1, 0.15) is 42.8 Å². The number of rotatable bonds is 5. The summed E-state index contributed by atoms with van der Waals surface area (Å²) in [6, 6.07) is 6.82. The molecule has 1 aliphatic rings. The highest BCUT2D eigenvalue weighted by Gasteiger charge is 2.29. The summed E-state index contributed by atoms with van der Waals surface area (Å²) in [7, 11) is 0. The summed E-state index contributed by atoms with van der Waals surface area (Å²) >= 11 is 2.31. The Hall–Kier alpha value is -1.24. The quantitative estimate of drug-likeness (QED) is 0.772. The molecule has 3 rings (SSSR count). The van der Waals surface area contributed by atoms with Crippen molar-refractivity contribution in [2.75, 3.05) is 11.9 Å². The zero-order valence-electron chi connectivity index (χ0n) is 11.9. The van der Waals surface area contributed by atoms with E-state index in [1.807, 2.05) is 13.0 Å². The molecule has 0 spiro atoms. The Morgan fingerprint density at radius 3 is 2.71 bits per heavy atom. The van der Waals surface area contributed by atoms with Gasteiger partial charge in [0.2, 0.25) is 0 Å². The maximum atomic E-state index is 13.8. The standard InChI is InChI=1S/C16H17FIN3/c1-2-19-16-14(18)15(10-7-8-10)20-13(21-16)9-11-5-3-4-6-12(11)17/h3-6,10H,2,7-9H2,1H3,(H,19,20,21). The lowest BCUT2D eigenvalue weighted by atomic mass is 10.1. The number of nitrogens with zero attached hydrogens (tertiary/aromatic N) is 2. The molecule has 1 aromatic heterocycles. The molecule has 1 saturated carbocycles. The van der Waals surface area contributed by atoms with Crippen LogP contribution in [0.4, 0.5) is 10.2 Å². The molecule has 0 aliphatic heterocycles. The van der Waals surface area contributed by atoms with E-state index in [0.717, 1.165) is 21.6 Å². The topological polar surface area (TPSA) is 37.8 Å². The summed E-state index contributed by atoms with van der Waals surface area (Å²) in [4.78, 5) is 9.26. The summed E-state index contributed by atoms with van der Waals surface area (Å²) in [6.45, 7) is 2.86. The number of benzene rings is 1. The molecule has 0 bridgehead atoms. The lowest BCUT2D eigenvalue weighted by molar-refractivity contribution is 0.612. The summed E-state index contributed by atoms with van der Waals surface area (Å²) < 4.78 is 14.9. The van der Waals surface area contributed by atoms with Gasteiger partial charge in [0.05, 0.1) is 9.26 Å². The van der Waals surface area contributed by atoms with E-state index in [9.17, 15) is 4.39 Å². The second-order valence-corrected chi connectivity index (χ2v) is 6.34. The number of halogens is 2. The average molecular weight is 397 g/mol. The maximum absolute atomic E-state index is 13.8. The van der Waals surface area contributed by atoms with Gasteiger partial charge in [-0.05, 0) is 54.0 Å². The van der Waals surface area contributed by atoms with Crippen molar-refractivity contribution in [3.05, 3.63) is 50.7 Å². The molecule has 0 radical (unpaired) electrons. The normalized spacial score (nSPS) is 14.2. The van der Waals surface area contributed by atoms with Crippen LogP contribution in [0.25, 0.3) is 0 Å². The maximum Gasteiger partial charge on any atom is 0.143 e. The fourth-order valence-corrected chi connectivity index (χ4v) is 3.19. The minimum Gasteiger partial charge on any atom is -0.369 e. The monoisotopic (exact) mass is 397 g/mol. The van der Waals surface area contributed by atoms with Gasteiger partial charge in [-0.1, -0.05) is 18.2 Å². The van der Waals surface area contributed by atoms with Gasteiger partial charge in [0.15, 0.2) is 0 Å². The molecule has 1 fully saturated rings. The van der Waals surface area contributed by atoms with Gasteiger partial charge in [-0.2, -0.15) is 0 Å². The van der Waals surface area contributed by atoms with Crippen LogP contribution in [0, 0.1) is 9.39 Å². The van der Waals surface area contributed by atoms with Gasteiger partial charge >= 0.3 is 0 Å². The van der Waals surface area contributed by atoms with Gasteiger partial charge in [-0.25, -0.2) is 14.4 Å². The average Bonchev–Trinajstić information content (AvgIpc) is 3.29. The highest BCUT2D eigenvalue weighted by molar-refractivity contribution is 14.1. The zero-order chi connectivity index (χ0) is 14.8. The van der Waals surface area contributed by atoms with Gasteiger partial charge < -0.3 is 5.32 Å². The van der Waals surface area contributed by atoms with Crippen molar-refractivity contribution in [1.82, 2.24) is 9.97 Å². The Morgan fingerprint density at radius 1 is 1.29 bits per heavy atom. The smallest absolute Gasteiger partial charge is 0.143 e. The van der Waals surface area contributed by atoms with E-state index in [1.54, 1.807) is 12.1 Å². The summed E-state index contributed by atoms with van der Waals surface area (Å²) in [5.41, 5.74) is 1.76. The zero-order valence-corrected chi connectivity index (χ0v) is 14.0. The van der Waals surface area contributed by atoms with Crippen LogP contribution >= 0.6 is 22.6 Å². The Labute approximate surface area is 137 Å². The minimum absolute atomic E-state index is 0.197. The predicted octanol–water partition coefficient (Wildman–Crippen LogP) is 4.12. The largest absolute Gasteiger partial charge is 0.369 e. The van der Waals surface area contributed by atoms with Crippen LogP contribution in [-0.4, -0.2) is 16.5 Å². The third-order valence-electron chi connectivity index (χ3n) is 3.54. The van der Waals surface area contributed by atoms with Crippen LogP contribution in [0.3, 0.4) is 0 Å². The Bertz CT molecular complexity index is 656. The number of aromatic nitrogens is 2. The van der Waals surface area contributed by atoms with E-state index in [0.29, 0.717) is 23.7 Å². The third-order valence-corrected chi connectivity index (χ3v) is 4.60. The molecule has 1 heterocycles. The van der Waals surface area contributed by atoms with Crippen LogP contribution in [0.15, 0.2) is 24.3 Å². The number of nitrogens with one attached hydrogen (secondary N) is 1. The van der Waals surface area contributed by atoms with E-state index in [2.05, 4.69) is 37.9 Å². The van der Waals surface area contributed by atoms with Crippen molar-refractivity contribution in [2.45, 2.75) is 32.1 Å². The van der Waals surface area contributed by atoms with E-state index < -0.39 is 0 Å². The van der Waals surface area contributed by atoms with Gasteiger partial charge in [0.25, 0.3) is 0 Å². The van der Waals surface area contributed by atoms with E-state index in [1.165, 1.54) is 18.9 Å². The Kier molecular flexibility index (Phi) is 4.37. The van der Waals surface area contributed by atoms with Crippen molar-refractivity contribution < 1.29 is 4.39 Å². The van der Waals surface area contributed by atoms with Crippen LogP contribution in [-0.2, 0) is 6.42 Å². The lowest BCUT2D eigenvalue weighted by Gasteiger charge is -2.12. The van der Waals surface area contributed by atoms with Gasteiger partial charge in [-0.3, -0.25) is 0 Å². The molecule has 0 atom stereocenters. The van der Waals surface area contributed by atoms with Crippen molar-refractivity contribution in [1.29, 1.82) is 0 Å². The molecule has 3 nitrogen and oxygen atoms in total. The van der Waals surface area contributed by atoms with E-state index in [4.69, 9.17) is 0 Å². The molecule has 0 amide bonds. The second-order valence-electron chi connectivity index (χ2n) is 5.26. The van der Waals surface area contributed by atoms with Crippen molar-refractivity contribution >= 4 is 28.4 Å². The van der Waals surface area contributed by atoms with E-state index >= 15 is 0 Å². The summed E-state index contributed by atoms with van der Waals surface area (Å²) in [5, 5.41) is 3.29. The Morgan fingerprint density at radius 2 is 2.05 bits per heavy atom. The first-order chi connectivity index (χ1) is 10.2. The molecule has 1 N–H and O–H groups in total. The molecule has 110 valence electrons. The number of anilines is 1. The molecule has 5 heteroatoms. The van der Waals surface area contributed by atoms with Crippen LogP contribution in [0.2, 0.25) is 0 Å². The predicted molar refractivity (Wildman–Crippen MR) is 90.1 cm³/mol. The van der Waals surface area contributed by atoms with Crippen molar-refractivity contribution in [3.8, 4) is 0 Å². The van der Waals surface area contributed by atoms with Crippen LogP contribution in [0.5, 0.6) is 0 Å². The first kappa shape index (κ1) is 14.7. The molecule has 2 aromatic rings. The van der Waals surface area contributed by atoms with Crippen molar-refractivity contribution in [3.63, 3.8) is 0 Å². The molecule has 0 saturated heterocycles. The summed E-state index contributed by atoms with van der Waals surface area (Å²) in [6.07, 6.45) is 2.82. The highest BCUT2D eigenvalue weighted by atomic mass is 127. The second kappa shape index (κ2) is 6.25. The fraction of sp³-hybridized carbons (Fsp3) is 0.375. The Balaban J connectivity index is 1.96. The molecular weight excluding hydrogens is 380 g/mol. The van der Waals surface area contributed by atoms with Gasteiger partial charge in [-0.15, -0.1) is 0 Å². The first-order valence-electron chi connectivity index (χ1n) is 7.22. The molecule has 1 aliphatic carbocycles. The molecule has 0 unspecified atom stereocenters. The SMILES string of the molecule is CCNc1nc(Cc2ccccc2F)nc(C2CC2)c1I. The lowest BCUT2D eigenvalue weighted by Crippen LogP contribution is -2.10. The molecular formula is C16H17FIN3. The number of hydrogen-bond acceptors (Lipinski definition) is 3. The van der Waals surface area contributed by atoms with Gasteiger partial charge in [0, 0.05) is 18.9 Å². The fourth-order valence-electron chi connectivity index (χ4n) is 2.32. The molecule has 1 aromatic carbocycles. The number of hydrogen-bond donors (Lipinski definition) is 1. The van der Waals surface area contributed by atoms with Crippen LogP contribution < -0.4 is 5.32 Å².